The van der Waals surface area contributed by atoms with E-state index in [1.165, 1.54) is 0 Å². The molecule has 2 heterocycles. The highest BCUT2D eigenvalue weighted by molar-refractivity contribution is 7.85. The van der Waals surface area contributed by atoms with Crippen LogP contribution >= 0.6 is 0 Å². The first-order valence-electron chi connectivity index (χ1n) is 5.87. The zero-order valence-corrected chi connectivity index (χ0v) is 11.2. The van der Waals surface area contributed by atoms with Gasteiger partial charge in [-0.2, -0.15) is 0 Å². The molecule has 0 bridgehead atoms. The van der Waals surface area contributed by atoms with Crippen LogP contribution in [0.5, 0.6) is 0 Å². The molecule has 0 fully saturated rings. The predicted octanol–water partition coefficient (Wildman–Crippen LogP) is 1.76. The van der Waals surface area contributed by atoms with Crippen molar-refractivity contribution in [1.29, 1.82) is 0 Å². The summed E-state index contributed by atoms with van der Waals surface area (Å²) in [6, 6.07) is 7.32. The fraction of sp³-hybridized carbons (Fsp3) is 0.0714. The molecule has 6 heteroatoms. The molecule has 0 aliphatic heterocycles. The van der Waals surface area contributed by atoms with Crippen LogP contribution in [0.15, 0.2) is 41.6 Å². The predicted molar refractivity (Wildman–Crippen MR) is 77.2 cm³/mol. The number of hydrogen-bond acceptors (Lipinski definition) is 4. The van der Waals surface area contributed by atoms with Gasteiger partial charge in [0.15, 0.2) is 11.3 Å². The van der Waals surface area contributed by atoms with Crippen molar-refractivity contribution < 1.29 is 4.21 Å². The number of aromatic amines is 1. The van der Waals surface area contributed by atoms with Crippen molar-refractivity contribution >= 4 is 22.1 Å². The van der Waals surface area contributed by atoms with Crippen molar-refractivity contribution in [2.24, 2.45) is 0 Å². The maximum Gasteiger partial charge on any atom is 0.197 e. The van der Waals surface area contributed by atoms with Gasteiger partial charge in [0, 0.05) is 18.0 Å². The van der Waals surface area contributed by atoms with E-state index in [0.717, 1.165) is 5.56 Å². The Morgan fingerprint density at radius 3 is 2.85 bits per heavy atom. The topological polar surface area (TPSA) is 71.5 Å². The van der Waals surface area contributed by atoms with Gasteiger partial charge in [0.1, 0.15) is 5.82 Å². The highest BCUT2D eigenvalue weighted by Gasteiger charge is 2.14. The lowest BCUT2D eigenvalue weighted by molar-refractivity contribution is 0.685. The molecule has 0 spiro atoms. The first kappa shape index (κ1) is 12.5. The van der Waals surface area contributed by atoms with Crippen molar-refractivity contribution in [2.75, 3.05) is 5.75 Å². The largest absolute Gasteiger partial charge is 0.321 e. The van der Waals surface area contributed by atoms with E-state index in [2.05, 4.69) is 25.9 Å². The van der Waals surface area contributed by atoms with E-state index in [9.17, 15) is 4.21 Å². The molecular weight excluding hydrogens is 272 g/mol. The summed E-state index contributed by atoms with van der Waals surface area (Å²) in [6.07, 6.45) is 8.40. The van der Waals surface area contributed by atoms with E-state index in [0.29, 0.717) is 22.0 Å². The summed E-state index contributed by atoms with van der Waals surface area (Å²) < 4.78 is 12.1. The summed E-state index contributed by atoms with van der Waals surface area (Å²) in [4.78, 5) is 16.4. The Morgan fingerprint density at radius 1 is 1.25 bits per heavy atom. The SMILES string of the molecule is C#CCS(=O)c1ccccc1-c1nc2nccnc2[nH]1. The van der Waals surface area contributed by atoms with E-state index in [-0.39, 0.29) is 5.75 Å². The second-order valence-electron chi connectivity index (χ2n) is 4.00. The van der Waals surface area contributed by atoms with E-state index in [1.807, 2.05) is 18.2 Å². The number of aromatic nitrogens is 4. The molecule has 1 atom stereocenters. The Kier molecular flexibility index (Phi) is 3.27. The second-order valence-corrected chi connectivity index (χ2v) is 5.42. The van der Waals surface area contributed by atoms with Gasteiger partial charge in [-0.15, -0.1) is 6.42 Å². The monoisotopic (exact) mass is 282 g/mol. The maximum absolute atomic E-state index is 12.1. The number of nitrogens with one attached hydrogen (secondary N) is 1. The van der Waals surface area contributed by atoms with Gasteiger partial charge in [-0.3, -0.25) is 4.21 Å². The van der Waals surface area contributed by atoms with Gasteiger partial charge in [0.2, 0.25) is 0 Å². The van der Waals surface area contributed by atoms with Crippen LogP contribution < -0.4 is 0 Å². The molecule has 0 amide bonds. The molecule has 5 nitrogen and oxygen atoms in total. The lowest BCUT2D eigenvalue weighted by atomic mass is 10.2. The molecule has 0 saturated heterocycles. The van der Waals surface area contributed by atoms with Crippen LogP contribution in [0, 0.1) is 12.3 Å². The molecule has 1 aromatic carbocycles. The highest BCUT2D eigenvalue weighted by Crippen LogP contribution is 2.25. The number of fused-ring (bicyclic) bond motifs is 1. The molecule has 2 aromatic heterocycles. The highest BCUT2D eigenvalue weighted by atomic mass is 32.2. The lowest BCUT2D eigenvalue weighted by Gasteiger charge is -2.04. The summed E-state index contributed by atoms with van der Waals surface area (Å²) in [6.45, 7) is 0. The third-order valence-corrected chi connectivity index (χ3v) is 4.01. The summed E-state index contributed by atoms with van der Waals surface area (Å²) in [5.41, 5.74) is 1.88. The van der Waals surface area contributed by atoms with Crippen molar-refractivity contribution in [2.45, 2.75) is 4.90 Å². The van der Waals surface area contributed by atoms with Crippen LogP contribution in [-0.4, -0.2) is 29.9 Å². The molecule has 98 valence electrons. The van der Waals surface area contributed by atoms with Gasteiger partial charge in [-0.25, -0.2) is 15.0 Å². The van der Waals surface area contributed by atoms with Crippen LogP contribution in [0.25, 0.3) is 22.7 Å². The minimum absolute atomic E-state index is 0.174. The van der Waals surface area contributed by atoms with E-state index < -0.39 is 10.8 Å². The third kappa shape index (κ3) is 2.19. The first-order valence-corrected chi connectivity index (χ1v) is 7.19. The normalized spacial score (nSPS) is 12.2. The average molecular weight is 282 g/mol. The number of terminal acetylenes is 1. The fourth-order valence-electron chi connectivity index (χ4n) is 1.89. The molecule has 20 heavy (non-hydrogen) atoms. The van der Waals surface area contributed by atoms with Crippen molar-refractivity contribution in [1.82, 2.24) is 19.9 Å². The minimum Gasteiger partial charge on any atom is -0.321 e. The molecule has 0 radical (unpaired) electrons. The van der Waals surface area contributed by atoms with E-state index in [1.54, 1.807) is 18.5 Å². The molecular formula is C14H10N4OS. The Morgan fingerprint density at radius 2 is 2.05 bits per heavy atom. The van der Waals surface area contributed by atoms with Crippen LogP contribution in [0.4, 0.5) is 0 Å². The summed E-state index contributed by atoms with van der Waals surface area (Å²) >= 11 is 0. The maximum atomic E-state index is 12.1. The van der Waals surface area contributed by atoms with Gasteiger partial charge in [0.25, 0.3) is 0 Å². The van der Waals surface area contributed by atoms with Gasteiger partial charge < -0.3 is 4.98 Å². The smallest absolute Gasteiger partial charge is 0.197 e. The quantitative estimate of drug-likeness (QED) is 0.743. The van der Waals surface area contributed by atoms with Gasteiger partial charge in [-0.05, 0) is 6.07 Å². The van der Waals surface area contributed by atoms with Gasteiger partial charge in [0.05, 0.1) is 21.4 Å². The Labute approximate surface area is 118 Å². The van der Waals surface area contributed by atoms with Crippen molar-refractivity contribution in [3.63, 3.8) is 0 Å². The zero-order valence-electron chi connectivity index (χ0n) is 10.4. The fourth-order valence-corrected chi connectivity index (χ4v) is 2.84. The average Bonchev–Trinajstić information content (AvgIpc) is 2.91. The van der Waals surface area contributed by atoms with Gasteiger partial charge >= 0.3 is 0 Å². The number of imidazole rings is 1. The van der Waals surface area contributed by atoms with Crippen LogP contribution in [0.3, 0.4) is 0 Å². The summed E-state index contributed by atoms with van der Waals surface area (Å²) in [7, 11) is -1.25. The lowest BCUT2D eigenvalue weighted by Crippen LogP contribution is -1.98. The molecule has 0 aliphatic rings. The molecule has 3 rings (SSSR count). The number of nitrogens with zero attached hydrogens (tertiary/aromatic N) is 3. The Hall–Kier alpha value is -2.52. The van der Waals surface area contributed by atoms with Crippen LogP contribution in [0.2, 0.25) is 0 Å². The van der Waals surface area contributed by atoms with E-state index in [4.69, 9.17) is 6.42 Å². The minimum atomic E-state index is -1.25. The molecule has 1 unspecified atom stereocenters. The second kappa shape index (κ2) is 5.23. The standard InChI is InChI=1S/C14H10N4OS/c1-2-9-20(19)11-6-4-3-5-10(11)12-17-13-14(18-12)16-8-7-15-13/h1,3-8H,9H2,(H,15,16,17,18). The number of hydrogen-bond donors (Lipinski definition) is 1. The number of rotatable bonds is 3. The Balaban J connectivity index is 2.14. The zero-order chi connectivity index (χ0) is 13.9. The van der Waals surface area contributed by atoms with Gasteiger partial charge in [-0.1, -0.05) is 24.1 Å². The van der Waals surface area contributed by atoms with E-state index >= 15 is 0 Å². The van der Waals surface area contributed by atoms with Crippen LogP contribution in [-0.2, 0) is 10.8 Å². The summed E-state index contributed by atoms with van der Waals surface area (Å²) in [5.74, 6) is 3.18. The molecule has 1 N–H and O–H groups in total. The first-order chi connectivity index (χ1) is 9.79. The molecule has 3 aromatic rings. The Bertz CT molecular complexity index is 801. The third-order valence-electron chi connectivity index (χ3n) is 2.74. The van der Waals surface area contributed by atoms with Crippen LogP contribution in [0.1, 0.15) is 0 Å². The molecule has 0 saturated carbocycles. The number of benzene rings is 1. The van der Waals surface area contributed by atoms with Crippen molar-refractivity contribution in [3.8, 4) is 23.7 Å². The number of H-pyrrole nitrogens is 1. The summed E-state index contributed by atoms with van der Waals surface area (Å²) in [5, 5.41) is 0. The van der Waals surface area contributed by atoms with Crippen molar-refractivity contribution in [3.05, 3.63) is 36.7 Å². The molecule has 0 aliphatic carbocycles.